The molecule has 0 unspecified atom stereocenters. The minimum Gasteiger partial charge on any atom is -0.454 e. The average molecular weight is 303 g/mol. The highest BCUT2D eigenvalue weighted by Crippen LogP contribution is 2.20. The number of carbonyl (C=O) groups excluding carboxylic acids is 1. The number of aromatic nitrogens is 4. The van der Waals surface area contributed by atoms with Crippen LogP contribution in [0.5, 0.6) is 0 Å². The summed E-state index contributed by atoms with van der Waals surface area (Å²) in [4.78, 5) is 11.9. The highest BCUT2D eigenvalue weighted by molar-refractivity contribution is 6.30. The van der Waals surface area contributed by atoms with Crippen molar-refractivity contribution in [3.05, 3.63) is 59.0 Å². The lowest BCUT2D eigenvalue weighted by molar-refractivity contribution is 0.0460. The van der Waals surface area contributed by atoms with Crippen molar-refractivity contribution >= 4 is 17.6 Å². The Labute approximate surface area is 125 Å². The Hall–Kier alpha value is -2.60. The minimum absolute atomic E-state index is 0.133. The Balaban J connectivity index is 1.69. The van der Waals surface area contributed by atoms with Crippen molar-refractivity contribution < 1.29 is 9.53 Å². The molecule has 0 spiro atoms. The SMILES string of the molecule is O=C(OCc1ccn[nH]1)c1cc(-c2ccc(Cl)cc2)n[nH]1. The third-order valence-electron chi connectivity index (χ3n) is 2.85. The zero-order chi connectivity index (χ0) is 14.7. The van der Waals surface area contributed by atoms with Crippen molar-refractivity contribution in [1.29, 1.82) is 0 Å². The predicted octanol–water partition coefficient (Wildman–Crippen LogP) is 2.81. The van der Waals surface area contributed by atoms with Crippen LogP contribution in [0.1, 0.15) is 16.2 Å². The first-order valence-electron chi connectivity index (χ1n) is 6.19. The Morgan fingerprint density at radius 2 is 2.00 bits per heavy atom. The third kappa shape index (κ3) is 3.11. The van der Waals surface area contributed by atoms with Crippen LogP contribution >= 0.6 is 11.6 Å². The molecule has 0 aliphatic rings. The second kappa shape index (κ2) is 5.80. The van der Waals surface area contributed by atoms with Crippen LogP contribution in [-0.4, -0.2) is 26.4 Å². The number of hydrogen-bond donors (Lipinski definition) is 2. The zero-order valence-electron chi connectivity index (χ0n) is 10.8. The number of esters is 1. The van der Waals surface area contributed by atoms with E-state index in [4.69, 9.17) is 16.3 Å². The van der Waals surface area contributed by atoms with Gasteiger partial charge in [0, 0.05) is 16.8 Å². The fourth-order valence-corrected chi connectivity index (χ4v) is 1.91. The summed E-state index contributed by atoms with van der Waals surface area (Å²) in [7, 11) is 0. The molecular weight excluding hydrogens is 292 g/mol. The molecule has 3 aromatic rings. The Morgan fingerprint density at radius 3 is 2.71 bits per heavy atom. The van der Waals surface area contributed by atoms with Gasteiger partial charge in [0.2, 0.25) is 0 Å². The molecule has 0 saturated carbocycles. The zero-order valence-corrected chi connectivity index (χ0v) is 11.6. The molecular formula is C14H11ClN4O2. The topological polar surface area (TPSA) is 83.7 Å². The number of halogens is 1. The molecule has 0 fully saturated rings. The van der Waals surface area contributed by atoms with Crippen molar-refractivity contribution in [3.63, 3.8) is 0 Å². The quantitative estimate of drug-likeness (QED) is 0.726. The van der Waals surface area contributed by atoms with Gasteiger partial charge in [-0.15, -0.1) is 0 Å². The van der Waals surface area contributed by atoms with Gasteiger partial charge in [-0.25, -0.2) is 4.79 Å². The molecule has 0 aliphatic carbocycles. The summed E-state index contributed by atoms with van der Waals surface area (Å²) in [6, 6.07) is 10.6. The van der Waals surface area contributed by atoms with Gasteiger partial charge in [-0.2, -0.15) is 10.2 Å². The number of aromatic amines is 2. The number of rotatable bonds is 4. The van der Waals surface area contributed by atoms with E-state index >= 15 is 0 Å². The monoisotopic (exact) mass is 302 g/mol. The molecule has 1 aromatic carbocycles. The van der Waals surface area contributed by atoms with Crippen molar-refractivity contribution in [2.75, 3.05) is 0 Å². The smallest absolute Gasteiger partial charge is 0.356 e. The largest absolute Gasteiger partial charge is 0.454 e. The van der Waals surface area contributed by atoms with Crippen molar-refractivity contribution in [3.8, 4) is 11.3 Å². The second-order valence-electron chi connectivity index (χ2n) is 4.33. The van der Waals surface area contributed by atoms with Gasteiger partial charge in [-0.3, -0.25) is 10.2 Å². The molecule has 7 heteroatoms. The van der Waals surface area contributed by atoms with E-state index in [1.54, 1.807) is 30.5 Å². The van der Waals surface area contributed by atoms with Crippen molar-refractivity contribution in [2.45, 2.75) is 6.61 Å². The first-order valence-corrected chi connectivity index (χ1v) is 6.57. The lowest BCUT2D eigenvalue weighted by Gasteiger charge is -2.00. The average Bonchev–Trinajstić information content (AvgIpc) is 3.17. The molecule has 2 N–H and O–H groups in total. The molecule has 0 aliphatic heterocycles. The summed E-state index contributed by atoms with van der Waals surface area (Å²) in [5.74, 6) is -0.475. The summed E-state index contributed by atoms with van der Waals surface area (Å²) in [6.07, 6.45) is 1.60. The van der Waals surface area contributed by atoms with Crippen molar-refractivity contribution in [1.82, 2.24) is 20.4 Å². The van der Waals surface area contributed by atoms with Crippen LogP contribution in [0.4, 0.5) is 0 Å². The van der Waals surface area contributed by atoms with Gasteiger partial charge in [0.15, 0.2) is 0 Å². The van der Waals surface area contributed by atoms with Gasteiger partial charge in [-0.1, -0.05) is 23.7 Å². The van der Waals surface area contributed by atoms with Crippen LogP contribution in [0.3, 0.4) is 0 Å². The second-order valence-corrected chi connectivity index (χ2v) is 4.77. The van der Waals surface area contributed by atoms with Gasteiger partial charge in [-0.05, 0) is 24.3 Å². The summed E-state index contributed by atoms with van der Waals surface area (Å²) in [6.45, 7) is 0.133. The number of nitrogens with zero attached hydrogens (tertiary/aromatic N) is 2. The molecule has 0 radical (unpaired) electrons. The number of hydrogen-bond acceptors (Lipinski definition) is 4. The lowest BCUT2D eigenvalue weighted by atomic mass is 10.1. The third-order valence-corrected chi connectivity index (χ3v) is 3.11. The van der Waals surface area contributed by atoms with Crippen LogP contribution < -0.4 is 0 Å². The minimum atomic E-state index is -0.475. The first-order chi connectivity index (χ1) is 10.2. The molecule has 0 amide bonds. The number of ether oxygens (including phenoxy) is 1. The van der Waals surface area contributed by atoms with E-state index in [0.29, 0.717) is 16.4 Å². The van der Waals surface area contributed by atoms with E-state index in [-0.39, 0.29) is 6.61 Å². The van der Waals surface area contributed by atoms with Crippen LogP contribution in [0.2, 0.25) is 5.02 Å². The molecule has 106 valence electrons. The summed E-state index contributed by atoms with van der Waals surface area (Å²) < 4.78 is 5.14. The summed E-state index contributed by atoms with van der Waals surface area (Å²) >= 11 is 5.83. The van der Waals surface area contributed by atoms with Gasteiger partial charge >= 0.3 is 5.97 Å². The lowest BCUT2D eigenvalue weighted by Crippen LogP contribution is -2.05. The standard InChI is InChI=1S/C14H11ClN4O2/c15-10-3-1-9(2-4-10)12-7-13(19-18-12)14(20)21-8-11-5-6-16-17-11/h1-7H,8H2,(H,16,17)(H,18,19). The van der Waals surface area contributed by atoms with Crippen LogP contribution in [0.15, 0.2) is 42.6 Å². The molecule has 3 rings (SSSR count). The number of carbonyl (C=O) groups is 1. The van der Waals surface area contributed by atoms with Gasteiger partial charge in [0.05, 0.1) is 11.4 Å². The molecule has 2 aromatic heterocycles. The Kier molecular flexibility index (Phi) is 3.70. The molecule has 6 nitrogen and oxygen atoms in total. The van der Waals surface area contributed by atoms with Gasteiger partial charge in [0.1, 0.15) is 12.3 Å². The predicted molar refractivity (Wildman–Crippen MR) is 76.7 cm³/mol. The van der Waals surface area contributed by atoms with E-state index in [0.717, 1.165) is 11.3 Å². The maximum absolute atomic E-state index is 11.9. The van der Waals surface area contributed by atoms with Crippen LogP contribution in [-0.2, 0) is 11.3 Å². The van der Waals surface area contributed by atoms with E-state index in [2.05, 4.69) is 20.4 Å². The molecule has 21 heavy (non-hydrogen) atoms. The van der Waals surface area contributed by atoms with E-state index < -0.39 is 5.97 Å². The molecule has 0 atom stereocenters. The fraction of sp³-hybridized carbons (Fsp3) is 0.0714. The van der Waals surface area contributed by atoms with Crippen molar-refractivity contribution in [2.24, 2.45) is 0 Å². The maximum Gasteiger partial charge on any atom is 0.356 e. The number of nitrogens with one attached hydrogen (secondary N) is 2. The number of H-pyrrole nitrogens is 2. The Morgan fingerprint density at radius 1 is 1.19 bits per heavy atom. The maximum atomic E-state index is 11.9. The van der Waals surface area contributed by atoms with Gasteiger partial charge < -0.3 is 4.74 Å². The normalized spacial score (nSPS) is 10.5. The molecule has 0 bridgehead atoms. The summed E-state index contributed by atoms with van der Waals surface area (Å²) in [5.41, 5.74) is 2.53. The van der Waals surface area contributed by atoms with Crippen LogP contribution in [0, 0.1) is 0 Å². The fourth-order valence-electron chi connectivity index (χ4n) is 1.78. The Bertz CT molecular complexity index is 735. The first kappa shape index (κ1) is 13.4. The van der Waals surface area contributed by atoms with E-state index in [1.165, 1.54) is 0 Å². The van der Waals surface area contributed by atoms with E-state index in [1.807, 2.05) is 12.1 Å². The molecule has 0 saturated heterocycles. The summed E-state index contributed by atoms with van der Waals surface area (Å²) in [5, 5.41) is 13.9. The molecule has 2 heterocycles. The number of benzene rings is 1. The van der Waals surface area contributed by atoms with E-state index in [9.17, 15) is 4.79 Å². The highest BCUT2D eigenvalue weighted by atomic mass is 35.5. The van der Waals surface area contributed by atoms with Crippen LogP contribution in [0.25, 0.3) is 11.3 Å². The highest BCUT2D eigenvalue weighted by Gasteiger charge is 2.12. The van der Waals surface area contributed by atoms with Gasteiger partial charge in [0.25, 0.3) is 0 Å².